The summed E-state index contributed by atoms with van der Waals surface area (Å²) in [6, 6.07) is 10.3. The molecule has 3 rings (SSSR count). The van der Waals surface area contributed by atoms with E-state index in [0.29, 0.717) is 0 Å². The Morgan fingerprint density at radius 2 is 2.05 bits per heavy atom. The van der Waals surface area contributed by atoms with E-state index in [-0.39, 0.29) is 6.10 Å². The smallest absolute Gasteiger partial charge is 0.118 e. The maximum Gasteiger partial charge on any atom is 0.118 e. The second-order valence-corrected chi connectivity index (χ2v) is 5.53. The molecule has 1 unspecified atom stereocenters. The number of aryl methyl sites for hydroxylation is 1. The first-order valence-corrected chi connectivity index (χ1v) is 7.19. The van der Waals surface area contributed by atoms with Gasteiger partial charge in [-0.2, -0.15) is 0 Å². The molecule has 1 aliphatic rings. The molecular weight excluding hydrogens is 250 g/mol. The fourth-order valence-corrected chi connectivity index (χ4v) is 3.07. The first-order chi connectivity index (χ1) is 9.69. The normalized spacial score (nSPS) is 17.9. The van der Waals surface area contributed by atoms with Gasteiger partial charge in [-0.1, -0.05) is 12.1 Å². The van der Waals surface area contributed by atoms with Crippen molar-refractivity contribution in [1.29, 1.82) is 0 Å². The Balaban J connectivity index is 1.90. The Hall–Kier alpha value is -1.74. The third kappa shape index (κ3) is 2.34. The number of aliphatic hydroxyl groups excluding tert-OH is 1. The summed E-state index contributed by atoms with van der Waals surface area (Å²) in [5.74, 6) is 0.885. The molecule has 2 aromatic rings. The second-order valence-electron chi connectivity index (χ2n) is 5.53. The Kier molecular flexibility index (Phi) is 3.53. The van der Waals surface area contributed by atoms with Crippen molar-refractivity contribution in [2.45, 2.75) is 38.8 Å². The minimum Gasteiger partial charge on any atom is -0.497 e. The summed E-state index contributed by atoms with van der Waals surface area (Å²) in [6.07, 6.45) is 2.74. The van der Waals surface area contributed by atoms with Gasteiger partial charge in [0.25, 0.3) is 0 Å². The lowest BCUT2D eigenvalue weighted by molar-refractivity contribution is 0.156. The Labute approximate surface area is 119 Å². The van der Waals surface area contributed by atoms with Crippen LogP contribution in [0.4, 0.5) is 0 Å². The van der Waals surface area contributed by atoms with Gasteiger partial charge in [0.1, 0.15) is 5.75 Å². The van der Waals surface area contributed by atoms with E-state index in [9.17, 15) is 5.11 Å². The van der Waals surface area contributed by atoms with Crippen LogP contribution in [0.15, 0.2) is 30.3 Å². The molecule has 0 bridgehead atoms. The molecule has 0 saturated carbocycles. The van der Waals surface area contributed by atoms with Gasteiger partial charge in [-0.3, -0.25) is 0 Å². The molecule has 0 saturated heterocycles. The first-order valence-electron chi connectivity index (χ1n) is 7.19. The van der Waals surface area contributed by atoms with Gasteiger partial charge in [0.15, 0.2) is 0 Å². The van der Waals surface area contributed by atoms with Crippen LogP contribution in [-0.4, -0.2) is 16.8 Å². The molecule has 106 valence electrons. The molecule has 20 heavy (non-hydrogen) atoms. The number of nitrogens with zero attached hydrogens (tertiary/aromatic N) is 1. The second kappa shape index (κ2) is 5.33. The molecule has 0 fully saturated rings. The van der Waals surface area contributed by atoms with Crippen molar-refractivity contribution in [3.05, 3.63) is 52.8 Å². The van der Waals surface area contributed by atoms with E-state index in [1.54, 1.807) is 7.11 Å². The standard InChI is InChI=1S/C17H21NO2/c1-12-10-15-16(4-3-5-17(15)19)18(12)11-13-6-8-14(20-2)9-7-13/h6-10,17,19H,3-5,11H2,1-2H3. The molecular formula is C17H21NO2. The predicted octanol–water partition coefficient (Wildman–Crippen LogP) is 3.22. The number of aliphatic hydroxyl groups is 1. The zero-order chi connectivity index (χ0) is 14.1. The van der Waals surface area contributed by atoms with Crippen LogP contribution in [0.25, 0.3) is 0 Å². The lowest BCUT2D eigenvalue weighted by atomic mass is 9.95. The maximum absolute atomic E-state index is 10.1. The van der Waals surface area contributed by atoms with E-state index in [4.69, 9.17) is 4.74 Å². The van der Waals surface area contributed by atoms with Crippen molar-refractivity contribution in [2.24, 2.45) is 0 Å². The third-order valence-electron chi connectivity index (χ3n) is 4.20. The van der Waals surface area contributed by atoms with Crippen LogP contribution < -0.4 is 4.74 Å². The maximum atomic E-state index is 10.1. The number of fused-ring (bicyclic) bond motifs is 1. The van der Waals surface area contributed by atoms with Gasteiger partial charge in [-0.05, 0) is 49.9 Å². The molecule has 0 amide bonds. The fourth-order valence-electron chi connectivity index (χ4n) is 3.07. The molecule has 1 aromatic heterocycles. The fraction of sp³-hybridized carbons (Fsp3) is 0.412. The number of benzene rings is 1. The average Bonchev–Trinajstić information content (AvgIpc) is 2.78. The van der Waals surface area contributed by atoms with Crippen LogP contribution in [0.3, 0.4) is 0 Å². The van der Waals surface area contributed by atoms with E-state index in [0.717, 1.165) is 37.1 Å². The summed E-state index contributed by atoms with van der Waals surface area (Å²) in [7, 11) is 1.68. The van der Waals surface area contributed by atoms with Gasteiger partial charge in [0.2, 0.25) is 0 Å². The van der Waals surface area contributed by atoms with Crippen LogP contribution in [-0.2, 0) is 13.0 Å². The monoisotopic (exact) mass is 271 g/mol. The van der Waals surface area contributed by atoms with Gasteiger partial charge in [0, 0.05) is 23.5 Å². The number of hydrogen-bond donors (Lipinski definition) is 1. The summed E-state index contributed by atoms with van der Waals surface area (Å²) in [6.45, 7) is 2.98. The summed E-state index contributed by atoms with van der Waals surface area (Å²) in [5, 5.41) is 10.1. The highest BCUT2D eigenvalue weighted by atomic mass is 16.5. The number of methoxy groups -OCH3 is 1. The Morgan fingerprint density at radius 1 is 1.30 bits per heavy atom. The summed E-state index contributed by atoms with van der Waals surface area (Å²) < 4.78 is 7.53. The SMILES string of the molecule is COc1ccc(Cn2c(C)cc3c2CCCC3O)cc1. The Morgan fingerprint density at radius 3 is 2.75 bits per heavy atom. The van der Waals surface area contributed by atoms with E-state index in [1.807, 2.05) is 12.1 Å². The van der Waals surface area contributed by atoms with Crippen molar-refractivity contribution in [2.75, 3.05) is 7.11 Å². The van der Waals surface area contributed by atoms with Crippen molar-refractivity contribution in [1.82, 2.24) is 4.57 Å². The van der Waals surface area contributed by atoms with Crippen LogP contribution in [0.1, 0.15) is 41.5 Å². The van der Waals surface area contributed by atoms with E-state index in [2.05, 4.69) is 29.7 Å². The zero-order valence-corrected chi connectivity index (χ0v) is 12.1. The summed E-state index contributed by atoms with van der Waals surface area (Å²) in [5.41, 5.74) is 4.92. The van der Waals surface area contributed by atoms with E-state index < -0.39 is 0 Å². The molecule has 0 aliphatic heterocycles. The summed E-state index contributed by atoms with van der Waals surface area (Å²) >= 11 is 0. The zero-order valence-electron chi connectivity index (χ0n) is 12.1. The molecule has 1 atom stereocenters. The minimum atomic E-state index is -0.283. The van der Waals surface area contributed by atoms with Crippen LogP contribution >= 0.6 is 0 Å². The third-order valence-corrected chi connectivity index (χ3v) is 4.20. The largest absolute Gasteiger partial charge is 0.497 e. The Bertz CT molecular complexity index is 598. The quantitative estimate of drug-likeness (QED) is 0.930. The molecule has 1 aromatic carbocycles. The van der Waals surface area contributed by atoms with E-state index >= 15 is 0 Å². The molecule has 3 heteroatoms. The number of rotatable bonds is 3. The molecule has 3 nitrogen and oxygen atoms in total. The van der Waals surface area contributed by atoms with Crippen LogP contribution in [0, 0.1) is 6.92 Å². The van der Waals surface area contributed by atoms with Crippen molar-refractivity contribution in [3.8, 4) is 5.75 Å². The molecule has 0 radical (unpaired) electrons. The highest BCUT2D eigenvalue weighted by molar-refractivity contribution is 5.34. The first kappa shape index (κ1) is 13.3. The number of hydrogen-bond acceptors (Lipinski definition) is 2. The predicted molar refractivity (Wildman–Crippen MR) is 79.2 cm³/mol. The lowest BCUT2D eigenvalue weighted by Gasteiger charge is -2.20. The molecule has 0 spiro atoms. The minimum absolute atomic E-state index is 0.283. The lowest BCUT2D eigenvalue weighted by Crippen LogP contribution is -2.13. The van der Waals surface area contributed by atoms with Crippen LogP contribution in [0.2, 0.25) is 0 Å². The average molecular weight is 271 g/mol. The number of aromatic nitrogens is 1. The van der Waals surface area contributed by atoms with Gasteiger partial charge >= 0.3 is 0 Å². The highest BCUT2D eigenvalue weighted by Crippen LogP contribution is 2.32. The van der Waals surface area contributed by atoms with Gasteiger partial charge in [0.05, 0.1) is 13.2 Å². The topological polar surface area (TPSA) is 34.4 Å². The van der Waals surface area contributed by atoms with E-state index in [1.165, 1.54) is 17.0 Å². The van der Waals surface area contributed by atoms with Crippen molar-refractivity contribution >= 4 is 0 Å². The molecule has 1 N–H and O–H groups in total. The van der Waals surface area contributed by atoms with Gasteiger partial charge in [-0.25, -0.2) is 0 Å². The van der Waals surface area contributed by atoms with Gasteiger partial charge < -0.3 is 14.4 Å². The highest BCUT2D eigenvalue weighted by Gasteiger charge is 2.22. The van der Waals surface area contributed by atoms with Gasteiger partial charge in [-0.15, -0.1) is 0 Å². The number of ether oxygens (including phenoxy) is 1. The molecule has 1 aliphatic carbocycles. The summed E-state index contributed by atoms with van der Waals surface area (Å²) in [4.78, 5) is 0. The van der Waals surface area contributed by atoms with Crippen molar-refractivity contribution < 1.29 is 9.84 Å². The van der Waals surface area contributed by atoms with Crippen molar-refractivity contribution in [3.63, 3.8) is 0 Å². The molecule has 1 heterocycles. The van der Waals surface area contributed by atoms with Crippen LogP contribution in [0.5, 0.6) is 5.75 Å².